The molecule has 9 nitrogen and oxygen atoms in total. The zero-order chi connectivity index (χ0) is 19.9. The van der Waals surface area contributed by atoms with E-state index in [0.717, 1.165) is 6.20 Å². The quantitative estimate of drug-likeness (QED) is 0.523. The van der Waals surface area contributed by atoms with Gasteiger partial charge in [0.1, 0.15) is 23.4 Å². The fourth-order valence-electron chi connectivity index (χ4n) is 3.44. The Balaban J connectivity index is 1.69. The molecule has 0 unspecified atom stereocenters. The Morgan fingerprint density at radius 3 is 2.79 bits per heavy atom. The minimum Gasteiger partial charge on any atom is -0.390 e. The van der Waals surface area contributed by atoms with Crippen molar-refractivity contribution in [1.29, 1.82) is 0 Å². The van der Waals surface area contributed by atoms with Crippen molar-refractivity contribution in [2.75, 3.05) is 5.32 Å². The van der Waals surface area contributed by atoms with E-state index in [1.54, 1.807) is 6.92 Å². The van der Waals surface area contributed by atoms with Crippen LogP contribution in [-0.2, 0) is 0 Å². The molecule has 3 aromatic heterocycles. The maximum atomic E-state index is 13.6. The first kappa shape index (κ1) is 18.2. The molecule has 0 amide bonds. The number of fused-ring (bicyclic) bond motifs is 1. The van der Waals surface area contributed by atoms with Crippen LogP contribution in [0, 0.1) is 15.9 Å². The molecule has 1 saturated carbocycles. The second-order valence-corrected chi connectivity index (χ2v) is 7.32. The van der Waals surface area contributed by atoms with Crippen molar-refractivity contribution in [3.8, 4) is 11.5 Å². The van der Waals surface area contributed by atoms with Gasteiger partial charge in [-0.3, -0.25) is 14.5 Å². The van der Waals surface area contributed by atoms with Gasteiger partial charge in [-0.2, -0.15) is 0 Å². The summed E-state index contributed by atoms with van der Waals surface area (Å²) in [6.07, 6.45) is 6.44. The van der Waals surface area contributed by atoms with Crippen LogP contribution in [0.2, 0.25) is 0 Å². The maximum Gasteiger partial charge on any atom is 0.329 e. The Bertz CT molecular complexity index is 1040. The summed E-state index contributed by atoms with van der Waals surface area (Å²) in [5.74, 6) is -0.136. The summed E-state index contributed by atoms with van der Waals surface area (Å²) < 4.78 is 15.1. The Labute approximate surface area is 159 Å². The number of anilines is 1. The highest BCUT2D eigenvalue weighted by Crippen LogP contribution is 2.32. The van der Waals surface area contributed by atoms with Gasteiger partial charge in [0.2, 0.25) is 5.82 Å². The van der Waals surface area contributed by atoms with Gasteiger partial charge in [0.05, 0.1) is 16.7 Å². The van der Waals surface area contributed by atoms with E-state index in [4.69, 9.17) is 0 Å². The third-order valence-corrected chi connectivity index (χ3v) is 5.07. The number of imidazole rings is 1. The predicted octanol–water partition coefficient (Wildman–Crippen LogP) is 2.94. The monoisotopic (exact) mass is 386 g/mol. The number of nitrogens with one attached hydrogen (secondary N) is 1. The molecule has 0 aromatic carbocycles. The number of halogens is 1. The van der Waals surface area contributed by atoms with Gasteiger partial charge >= 0.3 is 5.69 Å². The summed E-state index contributed by atoms with van der Waals surface area (Å²) in [5.41, 5.74) is 0.00382. The molecule has 1 aliphatic rings. The number of aliphatic hydroxyl groups is 1. The van der Waals surface area contributed by atoms with Crippen LogP contribution >= 0.6 is 0 Å². The first-order valence-corrected chi connectivity index (χ1v) is 8.96. The lowest BCUT2D eigenvalue weighted by atomic mass is 9.84. The van der Waals surface area contributed by atoms with Crippen molar-refractivity contribution < 1.29 is 14.4 Å². The van der Waals surface area contributed by atoms with E-state index in [1.807, 2.05) is 0 Å². The third-order valence-electron chi connectivity index (χ3n) is 5.07. The van der Waals surface area contributed by atoms with Gasteiger partial charge < -0.3 is 10.4 Å². The van der Waals surface area contributed by atoms with Gasteiger partial charge in [-0.25, -0.2) is 19.3 Å². The normalized spacial score (nSPS) is 22.3. The zero-order valence-electron chi connectivity index (χ0n) is 15.2. The van der Waals surface area contributed by atoms with Crippen molar-refractivity contribution in [3.63, 3.8) is 0 Å². The van der Waals surface area contributed by atoms with Crippen molar-refractivity contribution in [2.24, 2.45) is 0 Å². The van der Waals surface area contributed by atoms with Crippen LogP contribution in [0.3, 0.4) is 0 Å². The van der Waals surface area contributed by atoms with Crippen LogP contribution in [0.15, 0.2) is 30.7 Å². The molecule has 0 saturated heterocycles. The van der Waals surface area contributed by atoms with Gasteiger partial charge in [0.15, 0.2) is 5.82 Å². The van der Waals surface area contributed by atoms with Crippen LogP contribution < -0.4 is 5.32 Å². The lowest BCUT2D eigenvalue weighted by molar-refractivity contribution is -0.384. The standard InChI is InChI=1S/C18H19FN6O3/c1-18(26)6-4-12(5-7-18)22-17-14(25(27)28)9-21-16(23-17)13-8-20-15-3-2-11(19)10-24(13)15/h2-3,8-10,12,26H,4-7H2,1H3,(H,21,22,23). The van der Waals surface area contributed by atoms with Gasteiger partial charge in [0.25, 0.3) is 0 Å². The van der Waals surface area contributed by atoms with E-state index in [1.165, 1.54) is 28.9 Å². The molecule has 0 atom stereocenters. The molecule has 1 aliphatic carbocycles. The average molecular weight is 386 g/mol. The Hall–Kier alpha value is -3.14. The van der Waals surface area contributed by atoms with E-state index in [9.17, 15) is 19.6 Å². The molecule has 1 fully saturated rings. The van der Waals surface area contributed by atoms with Gasteiger partial charge in [-0.15, -0.1) is 0 Å². The highest BCUT2D eigenvalue weighted by molar-refractivity contribution is 5.63. The van der Waals surface area contributed by atoms with Crippen molar-refractivity contribution >= 4 is 17.2 Å². The fraction of sp³-hybridized carbons (Fsp3) is 0.389. The molecule has 2 N–H and O–H groups in total. The molecule has 0 aliphatic heterocycles. The van der Waals surface area contributed by atoms with Gasteiger partial charge in [-0.1, -0.05) is 0 Å². The second kappa shape index (κ2) is 6.79. The minimum atomic E-state index is -0.707. The highest BCUT2D eigenvalue weighted by atomic mass is 19.1. The number of rotatable bonds is 4. The topological polar surface area (TPSA) is 118 Å². The highest BCUT2D eigenvalue weighted by Gasteiger charge is 2.30. The number of nitro groups is 1. The molecule has 146 valence electrons. The molecule has 28 heavy (non-hydrogen) atoms. The molecule has 0 radical (unpaired) electrons. The number of nitrogens with zero attached hydrogens (tertiary/aromatic N) is 5. The summed E-state index contributed by atoms with van der Waals surface area (Å²) in [6, 6.07) is 2.78. The van der Waals surface area contributed by atoms with Crippen LogP contribution in [-0.4, -0.2) is 41.0 Å². The summed E-state index contributed by atoms with van der Waals surface area (Å²) >= 11 is 0. The fourth-order valence-corrected chi connectivity index (χ4v) is 3.44. The number of hydrogen-bond acceptors (Lipinski definition) is 7. The molecule has 0 bridgehead atoms. The Morgan fingerprint density at radius 2 is 2.07 bits per heavy atom. The zero-order valence-corrected chi connectivity index (χ0v) is 15.2. The van der Waals surface area contributed by atoms with Gasteiger partial charge in [0, 0.05) is 12.2 Å². The number of aromatic nitrogens is 4. The summed E-state index contributed by atoms with van der Waals surface area (Å²) in [5, 5.41) is 24.6. The molecule has 10 heteroatoms. The van der Waals surface area contributed by atoms with E-state index >= 15 is 0 Å². The van der Waals surface area contributed by atoms with Crippen molar-refractivity contribution in [1.82, 2.24) is 19.4 Å². The largest absolute Gasteiger partial charge is 0.390 e. The lowest BCUT2D eigenvalue weighted by Gasteiger charge is -2.33. The van der Waals surface area contributed by atoms with Crippen LogP contribution in [0.1, 0.15) is 32.6 Å². The van der Waals surface area contributed by atoms with E-state index in [0.29, 0.717) is 37.0 Å². The smallest absolute Gasteiger partial charge is 0.329 e. The SMILES string of the molecule is CC1(O)CCC(Nc2nc(-c3cnc4ccc(F)cn34)ncc2[N+](=O)[O-])CC1. The lowest BCUT2D eigenvalue weighted by Crippen LogP contribution is -2.36. The van der Waals surface area contributed by atoms with E-state index in [-0.39, 0.29) is 23.4 Å². The first-order chi connectivity index (χ1) is 13.3. The van der Waals surface area contributed by atoms with Crippen LogP contribution in [0.4, 0.5) is 15.9 Å². The molecular weight excluding hydrogens is 367 g/mol. The van der Waals surface area contributed by atoms with Crippen LogP contribution in [0.5, 0.6) is 0 Å². The molecular formula is C18H19FN6O3. The first-order valence-electron chi connectivity index (χ1n) is 8.96. The number of pyridine rings is 1. The van der Waals surface area contributed by atoms with Gasteiger partial charge in [-0.05, 0) is 44.7 Å². The second-order valence-electron chi connectivity index (χ2n) is 7.32. The predicted molar refractivity (Wildman–Crippen MR) is 99.3 cm³/mol. The molecule has 3 heterocycles. The maximum absolute atomic E-state index is 13.6. The molecule has 4 rings (SSSR count). The summed E-state index contributed by atoms with van der Waals surface area (Å²) in [7, 11) is 0. The molecule has 0 spiro atoms. The Kier molecular flexibility index (Phi) is 4.42. The van der Waals surface area contributed by atoms with Crippen LogP contribution in [0.25, 0.3) is 17.2 Å². The number of hydrogen-bond donors (Lipinski definition) is 2. The van der Waals surface area contributed by atoms with Crippen molar-refractivity contribution in [3.05, 3.63) is 46.7 Å². The summed E-state index contributed by atoms with van der Waals surface area (Å²) in [4.78, 5) is 23.5. The van der Waals surface area contributed by atoms with E-state index in [2.05, 4.69) is 20.3 Å². The van der Waals surface area contributed by atoms with Crippen molar-refractivity contribution in [2.45, 2.75) is 44.2 Å². The third kappa shape index (κ3) is 3.50. The Morgan fingerprint density at radius 1 is 1.32 bits per heavy atom. The summed E-state index contributed by atoms with van der Waals surface area (Å²) in [6.45, 7) is 1.79. The average Bonchev–Trinajstić information content (AvgIpc) is 3.06. The molecule has 3 aromatic rings. The van der Waals surface area contributed by atoms with E-state index < -0.39 is 16.3 Å². The minimum absolute atomic E-state index is 0.0405.